The highest BCUT2D eigenvalue weighted by Gasteiger charge is 2.56. The van der Waals surface area contributed by atoms with Crippen LogP contribution in [0.2, 0.25) is 0 Å². The SMILES string of the molecule is CC1(C)OP(=O)(Nc2ccon2)OC1(C)C. The van der Waals surface area contributed by atoms with E-state index < -0.39 is 18.9 Å². The lowest BCUT2D eigenvalue weighted by molar-refractivity contribution is 0.00578. The van der Waals surface area contributed by atoms with Crippen molar-refractivity contribution in [1.82, 2.24) is 5.16 Å². The molecule has 0 amide bonds. The van der Waals surface area contributed by atoms with Gasteiger partial charge in [0.1, 0.15) is 17.5 Å². The van der Waals surface area contributed by atoms with E-state index in [0.717, 1.165) is 0 Å². The molecule has 0 spiro atoms. The van der Waals surface area contributed by atoms with Crippen molar-refractivity contribution >= 4 is 13.6 Å². The highest BCUT2D eigenvalue weighted by atomic mass is 31.2. The van der Waals surface area contributed by atoms with E-state index in [1.165, 1.54) is 6.26 Å². The summed E-state index contributed by atoms with van der Waals surface area (Å²) < 4.78 is 27.8. The van der Waals surface area contributed by atoms with Gasteiger partial charge in [0.15, 0.2) is 5.82 Å². The second-order valence-corrected chi connectivity index (χ2v) is 6.28. The van der Waals surface area contributed by atoms with E-state index >= 15 is 0 Å². The van der Waals surface area contributed by atoms with Gasteiger partial charge in [0, 0.05) is 6.07 Å². The predicted molar refractivity (Wildman–Crippen MR) is 58.1 cm³/mol. The smallest absolute Gasteiger partial charge is 0.363 e. The molecule has 0 saturated carbocycles. The molecule has 1 N–H and O–H groups in total. The lowest BCUT2D eigenvalue weighted by Crippen LogP contribution is -2.41. The van der Waals surface area contributed by atoms with Gasteiger partial charge in [0.05, 0.1) is 0 Å². The first-order valence-electron chi connectivity index (χ1n) is 4.94. The second-order valence-electron chi connectivity index (χ2n) is 4.70. The standard InChI is InChI=1S/C9H15N2O4P/c1-8(2)9(3,4)15-16(12,14-8)11-7-5-6-13-10-7/h5-6H,1-4H3,(H,10,11,12). The summed E-state index contributed by atoms with van der Waals surface area (Å²) in [5.41, 5.74) is -1.28. The maximum Gasteiger partial charge on any atom is 0.435 e. The zero-order valence-electron chi connectivity index (χ0n) is 9.68. The van der Waals surface area contributed by atoms with Crippen molar-refractivity contribution in [2.24, 2.45) is 0 Å². The number of hydrogen-bond donors (Lipinski definition) is 1. The number of hydrogen-bond acceptors (Lipinski definition) is 5. The Bertz CT molecular complexity index is 407. The largest absolute Gasteiger partial charge is 0.435 e. The number of rotatable bonds is 2. The Hall–Kier alpha value is -0.840. The molecule has 1 aromatic heterocycles. The third kappa shape index (κ3) is 1.88. The number of nitrogens with zero attached hydrogens (tertiary/aromatic N) is 1. The van der Waals surface area contributed by atoms with Gasteiger partial charge in [-0.1, -0.05) is 5.16 Å². The Kier molecular flexibility index (Phi) is 2.42. The molecule has 0 unspecified atom stereocenters. The van der Waals surface area contributed by atoms with Crippen molar-refractivity contribution in [2.75, 3.05) is 5.09 Å². The molecule has 1 saturated heterocycles. The second kappa shape index (κ2) is 3.32. The van der Waals surface area contributed by atoms with Crippen molar-refractivity contribution in [3.63, 3.8) is 0 Å². The topological polar surface area (TPSA) is 73.6 Å². The van der Waals surface area contributed by atoms with Gasteiger partial charge in [-0.25, -0.2) is 4.57 Å². The number of aromatic nitrogens is 1. The van der Waals surface area contributed by atoms with Gasteiger partial charge in [-0.15, -0.1) is 0 Å². The van der Waals surface area contributed by atoms with Crippen LogP contribution in [0.5, 0.6) is 0 Å². The molecule has 0 aliphatic carbocycles. The summed E-state index contributed by atoms with van der Waals surface area (Å²) in [6.45, 7) is 7.32. The van der Waals surface area contributed by atoms with Crippen LogP contribution in [0.4, 0.5) is 5.82 Å². The average Bonchev–Trinajstić information content (AvgIpc) is 2.57. The minimum absolute atomic E-state index is 0.330. The molecule has 1 aromatic rings. The Labute approximate surface area is 93.9 Å². The van der Waals surface area contributed by atoms with Crippen LogP contribution in [0, 0.1) is 0 Å². The summed E-state index contributed by atoms with van der Waals surface area (Å²) in [5.74, 6) is 0.330. The molecule has 0 radical (unpaired) electrons. The van der Waals surface area contributed by atoms with Crippen molar-refractivity contribution in [2.45, 2.75) is 38.9 Å². The van der Waals surface area contributed by atoms with Crippen LogP contribution in [-0.4, -0.2) is 16.4 Å². The van der Waals surface area contributed by atoms with Crippen LogP contribution < -0.4 is 5.09 Å². The molecule has 7 heteroatoms. The maximum absolute atomic E-state index is 12.3. The summed E-state index contributed by atoms with van der Waals surface area (Å²) in [4.78, 5) is 0. The van der Waals surface area contributed by atoms with Crippen molar-refractivity contribution in [1.29, 1.82) is 0 Å². The van der Waals surface area contributed by atoms with Gasteiger partial charge in [0.2, 0.25) is 0 Å². The Morgan fingerprint density at radius 3 is 2.25 bits per heavy atom. The zero-order valence-corrected chi connectivity index (χ0v) is 10.6. The van der Waals surface area contributed by atoms with E-state index in [-0.39, 0.29) is 0 Å². The van der Waals surface area contributed by atoms with E-state index in [0.29, 0.717) is 5.82 Å². The molecular formula is C9H15N2O4P. The average molecular weight is 246 g/mol. The van der Waals surface area contributed by atoms with Gasteiger partial charge < -0.3 is 4.52 Å². The summed E-state index contributed by atoms with van der Waals surface area (Å²) in [6.07, 6.45) is 1.38. The Morgan fingerprint density at radius 1 is 1.25 bits per heavy atom. The van der Waals surface area contributed by atoms with E-state index in [1.54, 1.807) is 6.07 Å². The van der Waals surface area contributed by atoms with Gasteiger partial charge in [-0.05, 0) is 27.7 Å². The normalized spacial score (nSPS) is 25.5. The Balaban J connectivity index is 2.21. The summed E-state index contributed by atoms with van der Waals surface area (Å²) in [5, 5.41) is 6.22. The minimum atomic E-state index is -3.37. The molecule has 0 atom stereocenters. The Morgan fingerprint density at radius 2 is 1.81 bits per heavy atom. The first-order chi connectivity index (χ1) is 7.24. The third-order valence-electron chi connectivity index (χ3n) is 2.84. The van der Waals surface area contributed by atoms with E-state index in [1.807, 2.05) is 27.7 Å². The van der Waals surface area contributed by atoms with Crippen molar-refractivity contribution < 1.29 is 18.1 Å². The quantitative estimate of drug-likeness (QED) is 0.809. The number of anilines is 1. The maximum atomic E-state index is 12.3. The first-order valence-corrected chi connectivity index (χ1v) is 6.49. The molecule has 90 valence electrons. The zero-order chi connectivity index (χ0) is 12.0. The van der Waals surface area contributed by atoms with Crippen LogP contribution in [0.25, 0.3) is 0 Å². The molecule has 2 rings (SSSR count). The summed E-state index contributed by atoms with van der Waals surface area (Å²) in [7, 11) is -3.37. The lowest BCUT2D eigenvalue weighted by Gasteiger charge is -2.28. The van der Waals surface area contributed by atoms with Gasteiger partial charge >= 0.3 is 7.75 Å². The van der Waals surface area contributed by atoms with Crippen molar-refractivity contribution in [3.8, 4) is 0 Å². The molecule has 0 bridgehead atoms. The number of nitrogens with one attached hydrogen (secondary N) is 1. The van der Waals surface area contributed by atoms with Crippen LogP contribution >= 0.6 is 7.75 Å². The first kappa shape index (κ1) is 11.6. The van der Waals surface area contributed by atoms with Crippen LogP contribution in [-0.2, 0) is 13.6 Å². The van der Waals surface area contributed by atoms with Gasteiger partial charge in [-0.2, -0.15) is 0 Å². The fourth-order valence-electron chi connectivity index (χ4n) is 1.30. The highest BCUT2D eigenvalue weighted by molar-refractivity contribution is 7.55. The molecule has 1 aliphatic heterocycles. The van der Waals surface area contributed by atoms with E-state index in [9.17, 15) is 4.57 Å². The highest BCUT2D eigenvalue weighted by Crippen LogP contribution is 2.63. The molecule has 1 aliphatic rings. The molecule has 6 nitrogen and oxygen atoms in total. The molecule has 1 fully saturated rings. The molecule has 2 heterocycles. The molecule has 16 heavy (non-hydrogen) atoms. The monoisotopic (exact) mass is 246 g/mol. The van der Waals surface area contributed by atoms with Crippen molar-refractivity contribution in [3.05, 3.63) is 12.3 Å². The van der Waals surface area contributed by atoms with E-state index in [2.05, 4.69) is 14.8 Å². The van der Waals surface area contributed by atoms with Crippen LogP contribution in [0.3, 0.4) is 0 Å². The predicted octanol–water partition coefficient (Wildman–Crippen LogP) is 2.80. The molecule has 0 aromatic carbocycles. The van der Waals surface area contributed by atoms with Gasteiger partial charge in [-0.3, -0.25) is 14.1 Å². The van der Waals surface area contributed by atoms with Crippen LogP contribution in [0.15, 0.2) is 16.9 Å². The fourth-order valence-corrected chi connectivity index (χ4v) is 3.46. The fraction of sp³-hybridized carbons (Fsp3) is 0.667. The molecular weight excluding hydrogens is 231 g/mol. The minimum Gasteiger partial charge on any atom is -0.363 e. The summed E-state index contributed by atoms with van der Waals surface area (Å²) in [6, 6.07) is 1.55. The summed E-state index contributed by atoms with van der Waals surface area (Å²) >= 11 is 0. The van der Waals surface area contributed by atoms with Crippen LogP contribution in [0.1, 0.15) is 27.7 Å². The van der Waals surface area contributed by atoms with Gasteiger partial charge in [0.25, 0.3) is 0 Å². The van der Waals surface area contributed by atoms with E-state index in [4.69, 9.17) is 9.05 Å². The third-order valence-corrected chi connectivity index (χ3v) is 4.73. The lowest BCUT2D eigenvalue weighted by atomic mass is 9.90.